The average molecular weight is 406 g/mol. The summed E-state index contributed by atoms with van der Waals surface area (Å²) in [6, 6.07) is 8.09. The normalized spacial score (nSPS) is 18.1. The van der Waals surface area contributed by atoms with Crippen LogP contribution in [0.25, 0.3) is 0 Å². The van der Waals surface area contributed by atoms with Gasteiger partial charge in [-0.05, 0) is 24.0 Å². The Labute approximate surface area is 166 Å². The molecule has 1 unspecified atom stereocenters. The molecule has 2 aromatic rings. The van der Waals surface area contributed by atoms with Crippen LogP contribution < -0.4 is 5.73 Å². The van der Waals surface area contributed by atoms with Crippen molar-refractivity contribution < 1.29 is 14.7 Å². The Kier molecular flexibility index (Phi) is 6.51. The minimum Gasteiger partial charge on any atom is -0.476 e. The Morgan fingerprint density at radius 2 is 2.19 bits per heavy atom. The number of carboxylic acid groups (broad SMARTS) is 1. The maximum atomic E-state index is 12.3. The van der Waals surface area contributed by atoms with Gasteiger partial charge in [-0.3, -0.25) is 4.79 Å². The Morgan fingerprint density at radius 1 is 1.44 bits per heavy atom. The molecule has 1 aliphatic heterocycles. The lowest BCUT2D eigenvalue weighted by Gasteiger charge is -2.29. The standard InChI is InChI=1S/C19H23N3O3S2/c1-2-12-3-5-13(6-4-12)17(20)15-7-8-16(23)22(15)9-10-26-19-21-14(11-27-19)18(24)25/h3-6,11,15,17H,2,7-10,20H2,1H3,(H,24,25)/t15-,17?/m1/s1. The van der Waals surface area contributed by atoms with Crippen LogP contribution in [0.2, 0.25) is 0 Å². The van der Waals surface area contributed by atoms with Crippen LogP contribution >= 0.6 is 23.1 Å². The molecular weight excluding hydrogens is 382 g/mol. The van der Waals surface area contributed by atoms with E-state index in [2.05, 4.69) is 36.2 Å². The van der Waals surface area contributed by atoms with Gasteiger partial charge in [0.05, 0.1) is 12.1 Å². The summed E-state index contributed by atoms with van der Waals surface area (Å²) in [7, 11) is 0. The smallest absolute Gasteiger partial charge is 0.355 e. The van der Waals surface area contributed by atoms with Gasteiger partial charge in [-0.25, -0.2) is 9.78 Å². The van der Waals surface area contributed by atoms with Crippen molar-refractivity contribution in [3.8, 4) is 0 Å². The second-order valence-corrected chi connectivity index (χ2v) is 8.67. The number of amides is 1. The number of hydrogen-bond acceptors (Lipinski definition) is 6. The van der Waals surface area contributed by atoms with Crippen molar-refractivity contribution in [1.29, 1.82) is 0 Å². The lowest BCUT2D eigenvalue weighted by molar-refractivity contribution is -0.128. The van der Waals surface area contributed by atoms with E-state index in [4.69, 9.17) is 10.8 Å². The molecule has 1 aromatic carbocycles. The number of aryl methyl sites for hydroxylation is 1. The third-order valence-electron chi connectivity index (χ3n) is 4.82. The molecular formula is C19H23N3O3S2. The van der Waals surface area contributed by atoms with Gasteiger partial charge in [0.2, 0.25) is 5.91 Å². The molecule has 27 heavy (non-hydrogen) atoms. The Balaban J connectivity index is 1.60. The number of hydrogen-bond donors (Lipinski definition) is 2. The van der Waals surface area contributed by atoms with E-state index >= 15 is 0 Å². The number of aromatic nitrogens is 1. The molecule has 2 heterocycles. The van der Waals surface area contributed by atoms with Crippen LogP contribution in [0.1, 0.15) is 47.4 Å². The number of carboxylic acids is 1. The molecule has 1 amide bonds. The van der Waals surface area contributed by atoms with Crippen molar-refractivity contribution in [2.24, 2.45) is 5.73 Å². The minimum absolute atomic E-state index is 0.00329. The van der Waals surface area contributed by atoms with Crippen molar-refractivity contribution in [2.75, 3.05) is 12.3 Å². The predicted octanol–water partition coefficient (Wildman–Crippen LogP) is 3.19. The van der Waals surface area contributed by atoms with Crippen molar-refractivity contribution in [3.05, 3.63) is 46.5 Å². The van der Waals surface area contributed by atoms with Gasteiger partial charge in [-0.2, -0.15) is 0 Å². The van der Waals surface area contributed by atoms with Crippen LogP contribution in [0.15, 0.2) is 34.0 Å². The summed E-state index contributed by atoms with van der Waals surface area (Å²) in [6.45, 7) is 2.70. The number of thioether (sulfide) groups is 1. The van der Waals surface area contributed by atoms with E-state index in [0.29, 0.717) is 23.1 Å². The number of nitrogens with two attached hydrogens (primary N) is 1. The van der Waals surface area contributed by atoms with Gasteiger partial charge in [-0.15, -0.1) is 11.3 Å². The summed E-state index contributed by atoms with van der Waals surface area (Å²) in [4.78, 5) is 29.2. The highest BCUT2D eigenvalue weighted by Gasteiger charge is 2.35. The molecule has 2 atom stereocenters. The quantitative estimate of drug-likeness (QED) is 0.655. The molecule has 1 aliphatic rings. The van der Waals surface area contributed by atoms with Gasteiger partial charge in [-0.1, -0.05) is 43.0 Å². The summed E-state index contributed by atoms with van der Waals surface area (Å²) in [5, 5.41) is 10.5. The van der Waals surface area contributed by atoms with Gasteiger partial charge in [0.25, 0.3) is 0 Å². The van der Waals surface area contributed by atoms with Crippen molar-refractivity contribution >= 4 is 35.0 Å². The molecule has 1 aromatic heterocycles. The van der Waals surface area contributed by atoms with Crippen LogP contribution in [0.3, 0.4) is 0 Å². The van der Waals surface area contributed by atoms with E-state index in [9.17, 15) is 9.59 Å². The van der Waals surface area contributed by atoms with E-state index in [1.54, 1.807) is 0 Å². The SMILES string of the molecule is CCc1ccc(C(N)[C@H]2CCC(=O)N2CCSc2nc(C(=O)O)cs2)cc1. The van der Waals surface area contributed by atoms with Crippen LogP contribution in [0, 0.1) is 0 Å². The first-order valence-corrected chi connectivity index (χ1v) is 10.8. The van der Waals surface area contributed by atoms with E-state index in [0.717, 1.165) is 18.4 Å². The zero-order valence-corrected chi connectivity index (χ0v) is 16.8. The molecule has 8 heteroatoms. The highest BCUT2D eigenvalue weighted by Crippen LogP contribution is 2.30. The fourth-order valence-electron chi connectivity index (χ4n) is 3.27. The molecule has 0 saturated carbocycles. The number of benzene rings is 1. The largest absolute Gasteiger partial charge is 0.476 e. The lowest BCUT2D eigenvalue weighted by Crippen LogP contribution is -2.41. The second kappa shape index (κ2) is 8.86. The summed E-state index contributed by atoms with van der Waals surface area (Å²) >= 11 is 2.78. The number of rotatable bonds is 8. The van der Waals surface area contributed by atoms with Crippen LogP contribution in [0.4, 0.5) is 0 Å². The second-order valence-electron chi connectivity index (χ2n) is 6.47. The highest BCUT2D eigenvalue weighted by molar-refractivity contribution is 8.01. The number of likely N-dealkylation sites (tertiary alicyclic amines) is 1. The molecule has 0 radical (unpaired) electrons. The Bertz CT molecular complexity index is 807. The van der Waals surface area contributed by atoms with Gasteiger partial charge < -0.3 is 15.7 Å². The molecule has 6 nitrogen and oxygen atoms in total. The lowest BCUT2D eigenvalue weighted by atomic mass is 9.97. The maximum absolute atomic E-state index is 12.3. The van der Waals surface area contributed by atoms with E-state index < -0.39 is 5.97 Å². The summed E-state index contributed by atoms with van der Waals surface area (Å²) in [5.74, 6) is -0.226. The van der Waals surface area contributed by atoms with Crippen LogP contribution in [0.5, 0.6) is 0 Å². The minimum atomic E-state index is -1.02. The molecule has 3 N–H and O–H groups in total. The predicted molar refractivity (Wildman–Crippen MR) is 107 cm³/mol. The molecule has 0 aliphatic carbocycles. The number of aromatic carboxylic acids is 1. The van der Waals surface area contributed by atoms with Crippen LogP contribution in [-0.2, 0) is 11.2 Å². The zero-order chi connectivity index (χ0) is 19.4. The number of carbonyl (C=O) groups excluding carboxylic acids is 1. The molecule has 0 bridgehead atoms. The topological polar surface area (TPSA) is 96.5 Å². The summed E-state index contributed by atoms with van der Waals surface area (Å²) in [5.41, 5.74) is 8.87. The molecule has 0 spiro atoms. The number of nitrogens with zero attached hydrogens (tertiary/aromatic N) is 2. The third-order valence-corrected chi connectivity index (χ3v) is 6.82. The molecule has 3 rings (SSSR count). The average Bonchev–Trinajstić information content (AvgIpc) is 3.29. The fourth-order valence-corrected chi connectivity index (χ4v) is 5.08. The first kappa shape index (κ1) is 19.9. The van der Waals surface area contributed by atoms with Gasteiger partial charge in [0.1, 0.15) is 0 Å². The van der Waals surface area contributed by atoms with Gasteiger partial charge in [0, 0.05) is 24.1 Å². The molecule has 1 saturated heterocycles. The third kappa shape index (κ3) is 4.69. The fraction of sp³-hybridized carbons (Fsp3) is 0.421. The highest BCUT2D eigenvalue weighted by atomic mass is 32.2. The van der Waals surface area contributed by atoms with Crippen LogP contribution in [-0.4, -0.2) is 45.2 Å². The van der Waals surface area contributed by atoms with Gasteiger partial charge in [0.15, 0.2) is 10.0 Å². The number of thiazole rings is 1. The maximum Gasteiger partial charge on any atom is 0.355 e. The first-order valence-electron chi connectivity index (χ1n) is 8.95. The number of carbonyl (C=O) groups is 2. The zero-order valence-electron chi connectivity index (χ0n) is 15.1. The summed E-state index contributed by atoms with van der Waals surface area (Å²) < 4.78 is 0.704. The van der Waals surface area contributed by atoms with E-state index in [1.165, 1.54) is 34.0 Å². The van der Waals surface area contributed by atoms with Crippen molar-refractivity contribution in [3.63, 3.8) is 0 Å². The van der Waals surface area contributed by atoms with E-state index in [-0.39, 0.29) is 23.7 Å². The Morgan fingerprint density at radius 3 is 2.81 bits per heavy atom. The van der Waals surface area contributed by atoms with Crippen molar-refractivity contribution in [2.45, 2.75) is 42.6 Å². The summed E-state index contributed by atoms with van der Waals surface area (Å²) in [6.07, 6.45) is 2.28. The van der Waals surface area contributed by atoms with Gasteiger partial charge >= 0.3 is 5.97 Å². The van der Waals surface area contributed by atoms with Crippen molar-refractivity contribution in [1.82, 2.24) is 9.88 Å². The molecule has 144 valence electrons. The first-order chi connectivity index (χ1) is 13.0. The monoisotopic (exact) mass is 405 g/mol. The molecule has 1 fully saturated rings. The Hall–Kier alpha value is -1.90. The van der Waals surface area contributed by atoms with E-state index in [1.807, 2.05) is 4.90 Å².